The van der Waals surface area contributed by atoms with Crippen molar-refractivity contribution in [3.8, 4) is 0 Å². The standard InChI is InChI=1S/C13H20N2O3S/c1-9-13(6-12(7-14)18-9)19(16,17)15(11-4-5-11)8-10-2-3-10/h6,10-11H,2-5,7-8,14H2,1H3. The zero-order chi connectivity index (χ0) is 13.6. The molecule has 2 aliphatic rings. The van der Waals surface area contributed by atoms with Crippen molar-refractivity contribution in [1.29, 1.82) is 0 Å². The average Bonchev–Trinajstić information content (AvgIpc) is 3.24. The van der Waals surface area contributed by atoms with Crippen LogP contribution in [0.5, 0.6) is 0 Å². The summed E-state index contributed by atoms with van der Waals surface area (Å²) in [4.78, 5) is 0.292. The molecule has 2 saturated carbocycles. The van der Waals surface area contributed by atoms with Gasteiger partial charge < -0.3 is 10.2 Å². The van der Waals surface area contributed by atoms with Crippen LogP contribution in [0.3, 0.4) is 0 Å². The molecular weight excluding hydrogens is 264 g/mol. The fourth-order valence-electron chi connectivity index (χ4n) is 2.37. The van der Waals surface area contributed by atoms with Gasteiger partial charge >= 0.3 is 0 Å². The Labute approximate surface area is 113 Å². The Morgan fingerprint density at radius 1 is 1.37 bits per heavy atom. The van der Waals surface area contributed by atoms with E-state index in [9.17, 15) is 8.42 Å². The lowest BCUT2D eigenvalue weighted by Gasteiger charge is -2.21. The third kappa shape index (κ3) is 2.57. The summed E-state index contributed by atoms with van der Waals surface area (Å²) in [6, 6.07) is 1.77. The van der Waals surface area contributed by atoms with Gasteiger partial charge in [0.1, 0.15) is 16.4 Å². The molecule has 0 aliphatic heterocycles. The summed E-state index contributed by atoms with van der Waals surface area (Å²) < 4.78 is 32.6. The topological polar surface area (TPSA) is 76.5 Å². The first kappa shape index (κ1) is 13.1. The molecular formula is C13H20N2O3S. The van der Waals surface area contributed by atoms with Gasteiger partial charge in [-0.25, -0.2) is 8.42 Å². The van der Waals surface area contributed by atoms with Crippen molar-refractivity contribution in [2.75, 3.05) is 6.54 Å². The third-order valence-corrected chi connectivity index (χ3v) is 5.83. The molecule has 0 spiro atoms. The third-order valence-electron chi connectivity index (χ3n) is 3.80. The Hall–Kier alpha value is -0.850. The number of sulfonamides is 1. The van der Waals surface area contributed by atoms with Gasteiger partial charge in [-0.3, -0.25) is 0 Å². The van der Waals surface area contributed by atoms with Crippen LogP contribution < -0.4 is 5.73 Å². The van der Waals surface area contributed by atoms with Crippen LogP contribution in [0.1, 0.15) is 37.2 Å². The molecule has 0 radical (unpaired) electrons. The summed E-state index contributed by atoms with van der Waals surface area (Å²) >= 11 is 0. The van der Waals surface area contributed by atoms with Gasteiger partial charge in [0.2, 0.25) is 10.0 Å². The van der Waals surface area contributed by atoms with E-state index in [1.165, 1.54) is 0 Å². The van der Waals surface area contributed by atoms with Crippen LogP contribution in [0.15, 0.2) is 15.4 Å². The predicted molar refractivity (Wildman–Crippen MR) is 71.0 cm³/mol. The number of nitrogens with two attached hydrogens (primary N) is 1. The highest BCUT2D eigenvalue weighted by atomic mass is 32.2. The predicted octanol–water partition coefficient (Wildman–Crippen LogP) is 1.61. The minimum Gasteiger partial charge on any atom is -0.464 e. The number of hydrogen-bond acceptors (Lipinski definition) is 4. The van der Waals surface area contributed by atoms with Crippen LogP contribution in [0.4, 0.5) is 0 Å². The maximum Gasteiger partial charge on any atom is 0.246 e. The van der Waals surface area contributed by atoms with E-state index in [0.29, 0.717) is 28.9 Å². The van der Waals surface area contributed by atoms with Crippen LogP contribution in [0, 0.1) is 12.8 Å². The molecule has 0 unspecified atom stereocenters. The van der Waals surface area contributed by atoms with E-state index < -0.39 is 10.0 Å². The Morgan fingerprint density at radius 3 is 2.53 bits per heavy atom. The van der Waals surface area contributed by atoms with Gasteiger partial charge in [-0.15, -0.1) is 0 Å². The largest absolute Gasteiger partial charge is 0.464 e. The van der Waals surface area contributed by atoms with Crippen molar-refractivity contribution >= 4 is 10.0 Å². The van der Waals surface area contributed by atoms with Crippen LogP contribution >= 0.6 is 0 Å². The molecule has 0 aromatic carbocycles. The van der Waals surface area contributed by atoms with E-state index in [4.69, 9.17) is 10.2 Å². The normalized spacial score (nSPS) is 20.2. The summed E-state index contributed by atoms with van der Waals surface area (Å²) in [6.07, 6.45) is 4.26. The van der Waals surface area contributed by atoms with E-state index >= 15 is 0 Å². The number of aryl methyl sites for hydroxylation is 1. The van der Waals surface area contributed by atoms with Crippen molar-refractivity contribution < 1.29 is 12.8 Å². The SMILES string of the molecule is Cc1oc(CN)cc1S(=O)(=O)N(CC1CC1)C1CC1. The summed E-state index contributed by atoms with van der Waals surface area (Å²) in [6.45, 7) is 2.58. The van der Waals surface area contributed by atoms with Gasteiger partial charge in [-0.2, -0.15) is 4.31 Å². The first-order chi connectivity index (χ1) is 9.02. The molecule has 3 rings (SSSR count). The zero-order valence-electron chi connectivity index (χ0n) is 11.1. The number of rotatable bonds is 6. The van der Waals surface area contributed by atoms with Crippen molar-refractivity contribution in [2.45, 2.75) is 50.1 Å². The summed E-state index contributed by atoms with van der Waals surface area (Å²) in [5, 5.41) is 0. The molecule has 19 heavy (non-hydrogen) atoms. The van der Waals surface area contributed by atoms with Crippen molar-refractivity contribution in [3.05, 3.63) is 17.6 Å². The smallest absolute Gasteiger partial charge is 0.246 e. The minimum atomic E-state index is -3.43. The molecule has 0 bridgehead atoms. The molecule has 106 valence electrons. The maximum absolute atomic E-state index is 12.8. The second kappa shape index (κ2) is 4.61. The van der Waals surface area contributed by atoms with Gasteiger partial charge in [0.25, 0.3) is 0 Å². The molecule has 2 aliphatic carbocycles. The maximum atomic E-state index is 12.8. The lowest BCUT2D eigenvalue weighted by atomic mass is 10.4. The Balaban J connectivity index is 1.91. The number of nitrogens with zero attached hydrogens (tertiary/aromatic N) is 1. The summed E-state index contributed by atoms with van der Waals surface area (Å²) in [5.41, 5.74) is 5.51. The zero-order valence-corrected chi connectivity index (χ0v) is 11.9. The number of hydrogen-bond donors (Lipinski definition) is 1. The van der Waals surface area contributed by atoms with E-state index in [1.807, 2.05) is 0 Å². The molecule has 2 fully saturated rings. The molecule has 0 amide bonds. The van der Waals surface area contributed by atoms with E-state index in [1.54, 1.807) is 17.3 Å². The lowest BCUT2D eigenvalue weighted by Crippen LogP contribution is -2.35. The first-order valence-electron chi connectivity index (χ1n) is 6.83. The Morgan fingerprint density at radius 2 is 2.05 bits per heavy atom. The molecule has 0 saturated heterocycles. The van der Waals surface area contributed by atoms with Gasteiger partial charge in [0, 0.05) is 18.7 Å². The average molecular weight is 284 g/mol. The van der Waals surface area contributed by atoms with Crippen LogP contribution in [0.2, 0.25) is 0 Å². The second-order valence-corrected chi connectivity index (χ2v) is 7.45. The molecule has 1 aromatic heterocycles. The molecule has 1 aromatic rings. The molecule has 6 heteroatoms. The fourth-order valence-corrected chi connectivity index (χ4v) is 4.32. The van der Waals surface area contributed by atoms with E-state index in [-0.39, 0.29) is 12.6 Å². The highest BCUT2D eigenvalue weighted by Crippen LogP contribution is 2.38. The molecule has 0 atom stereocenters. The second-order valence-electron chi connectivity index (χ2n) is 5.59. The van der Waals surface area contributed by atoms with Crippen molar-refractivity contribution in [3.63, 3.8) is 0 Å². The highest BCUT2D eigenvalue weighted by Gasteiger charge is 2.42. The van der Waals surface area contributed by atoms with Crippen LogP contribution in [0.25, 0.3) is 0 Å². The Bertz CT molecular complexity index is 571. The summed E-state index contributed by atoms with van der Waals surface area (Å²) in [5.74, 6) is 1.52. The van der Waals surface area contributed by atoms with Gasteiger partial charge in [-0.05, 0) is 38.5 Å². The minimum absolute atomic E-state index is 0.196. The quantitative estimate of drug-likeness (QED) is 0.861. The van der Waals surface area contributed by atoms with Gasteiger partial charge in [0.15, 0.2) is 0 Å². The summed E-state index contributed by atoms with van der Waals surface area (Å²) in [7, 11) is -3.43. The monoisotopic (exact) mass is 284 g/mol. The van der Waals surface area contributed by atoms with Crippen molar-refractivity contribution in [1.82, 2.24) is 4.31 Å². The van der Waals surface area contributed by atoms with Crippen LogP contribution in [-0.4, -0.2) is 25.3 Å². The fraction of sp³-hybridized carbons (Fsp3) is 0.692. The molecule has 1 heterocycles. The van der Waals surface area contributed by atoms with E-state index in [2.05, 4.69) is 0 Å². The van der Waals surface area contributed by atoms with Gasteiger partial charge in [-0.1, -0.05) is 0 Å². The Kier molecular flexibility index (Phi) is 3.19. The van der Waals surface area contributed by atoms with Crippen LogP contribution in [-0.2, 0) is 16.6 Å². The van der Waals surface area contributed by atoms with Crippen molar-refractivity contribution in [2.24, 2.45) is 11.7 Å². The van der Waals surface area contributed by atoms with Gasteiger partial charge in [0.05, 0.1) is 6.54 Å². The highest BCUT2D eigenvalue weighted by molar-refractivity contribution is 7.89. The molecule has 2 N–H and O–H groups in total. The molecule has 5 nitrogen and oxygen atoms in total. The van der Waals surface area contributed by atoms with E-state index in [0.717, 1.165) is 25.7 Å². The lowest BCUT2D eigenvalue weighted by molar-refractivity contribution is 0.387. The number of furan rings is 1. The first-order valence-corrected chi connectivity index (χ1v) is 8.27.